The Bertz CT molecular complexity index is 1020. The van der Waals surface area contributed by atoms with E-state index in [4.69, 9.17) is 11.6 Å². The van der Waals surface area contributed by atoms with Gasteiger partial charge in [-0.05, 0) is 23.8 Å². The molecule has 6 nitrogen and oxygen atoms in total. The molecule has 0 saturated carbocycles. The molecule has 0 aliphatic rings. The molecule has 0 fully saturated rings. The van der Waals surface area contributed by atoms with Crippen molar-refractivity contribution in [2.75, 3.05) is 11.2 Å². The predicted molar refractivity (Wildman–Crippen MR) is 92.5 cm³/mol. The summed E-state index contributed by atoms with van der Waals surface area (Å²) in [7, 11) is 0. The number of para-hydroxylation sites is 1. The molecule has 0 atom stereocenters. The lowest BCUT2D eigenvalue weighted by Gasteiger charge is -2.09. The maximum Gasteiger partial charge on any atom is 0.222 e. The third-order valence-corrected chi connectivity index (χ3v) is 3.79. The molecule has 5 N–H and O–H groups in total. The smallest absolute Gasteiger partial charge is 0.222 e. The second-order valence-corrected chi connectivity index (χ2v) is 5.19. The van der Waals surface area contributed by atoms with E-state index < -0.39 is 0 Å². The molecule has 0 aliphatic heterocycles. The maximum absolute atomic E-state index is 5.70. The fraction of sp³-hybridized carbons (Fsp3) is 0. The topological polar surface area (TPSA) is 103 Å². The minimum absolute atomic E-state index is 0.185. The van der Waals surface area contributed by atoms with Crippen molar-refractivity contribution in [3.8, 4) is 11.1 Å². The van der Waals surface area contributed by atoms with Gasteiger partial charge in [-0.15, -0.1) is 0 Å². The van der Waals surface area contributed by atoms with Crippen LogP contribution in [0.3, 0.4) is 0 Å². The fourth-order valence-electron chi connectivity index (χ4n) is 2.76. The summed E-state index contributed by atoms with van der Waals surface area (Å²) in [6, 6.07) is 16.0. The van der Waals surface area contributed by atoms with E-state index in [0.717, 1.165) is 32.9 Å². The average Bonchev–Trinajstić information content (AvgIpc) is 2.60. The van der Waals surface area contributed by atoms with Crippen LogP contribution in [0.1, 0.15) is 0 Å². The molecule has 112 valence electrons. The third-order valence-electron chi connectivity index (χ3n) is 3.79. The molecule has 0 amide bonds. The van der Waals surface area contributed by atoms with Crippen LogP contribution in [-0.2, 0) is 0 Å². The second kappa shape index (κ2) is 5.19. The standard InChI is InChI=1S/C17H14N6/c18-17-21-14-7-6-11(9-13(14)16(22-17)23-19)12-5-1-3-10-4-2-8-20-15(10)12/h1-9H,19H2,(H3,18,21,22,23). The van der Waals surface area contributed by atoms with Crippen LogP contribution >= 0.6 is 0 Å². The quantitative estimate of drug-likeness (QED) is 0.388. The first-order valence-corrected chi connectivity index (χ1v) is 7.14. The highest BCUT2D eigenvalue weighted by Gasteiger charge is 2.09. The number of pyridine rings is 1. The van der Waals surface area contributed by atoms with Crippen molar-refractivity contribution in [3.05, 3.63) is 54.7 Å². The van der Waals surface area contributed by atoms with Gasteiger partial charge in [-0.25, -0.2) is 10.8 Å². The molecule has 2 aromatic heterocycles. The van der Waals surface area contributed by atoms with Gasteiger partial charge in [0, 0.05) is 22.5 Å². The minimum atomic E-state index is 0.185. The number of fused-ring (bicyclic) bond motifs is 2. The minimum Gasteiger partial charge on any atom is -0.368 e. The van der Waals surface area contributed by atoms with Crippen LogP contribution in [-0.4, -0.2) is 15.0 Å². The first kappa shape index (κ1) is 13.4. The lowest BCUT2D eigenvalue weighted by Crippen LogP contribution is -2.11. The van der Waals surface area contributed by atoms with Gasteiger partial charge in [-0.3, -0.25) is 4.98 Å². The molecule has 0 unspecified atom stereocenters. The van der Waals surface area contributed by atoms with Crippen LogP contribution < -0.4 is 17.0 Å². The molecular weight excluding hydrogens is 288 g/mol. The number of hydrazine groups is 1. The summed E-state index contributed by atoms with van der Waals surface area (Å²) < 4.78 is 0. The van der Waals surface area contributed by atoms with Crippen molar-refractivity contribution in [2.45, 2.75) is 0 Å². The van der Waals surface area contributed by atoms with E-state index in [2.05, 4.69) is 20.4 Å². The van der Waals surface area contributed by atoms with Crippen molar-refractivity contribution in [1.29, 1.82) is 0 Å². The predicted octanol–water partition coefficient (Wildman–Crippen LogP) is 2.71. The Morgan fingerprint density at radius 1 is 0.957 bits per heavy atom. The van der Waals surface area contributed by atoms with E-state index in [0.29, 0.717) is 5.82 Å². The average molecular weight is 302 g/mol. The zero-order chi connectivity index (χ0) is 15.8. The van der Waals surface area contributed by atoms with Crippen LogP contribution in [0.4, 0.5) is 11.8 Å². The summed E-state index contributed by atoms with van der Waals surface area (Å²) in [5, 5.41) is 1.91. The van der Waals surface area contributed by atoms with Gasteiger partial charge in [0.05, 0.1) is 11.0 Å². The number of anilines is 2. The van der Waals surface area contributed by atoms with Crippen LogP contribution in [0.2, 0.25) is 0 Å². The Morgan fingerprint density at radius 3 is 2.70 bits per heavy atom. The number of hydrogen-bond donors (Lipinski definition) is 3. The Balaban J connectivity index is 2.00. The van der Waals surface area contributed by atoms with Crippen molar-refractivity contribution in [2.24, 2.45) is 5.84 Å². The first-order chi connectivity index (χ1) is 11.3. The van der Waals surface area contributed by atoms with Gasteiger partial charge in [0.2, 0.25) is 5.95 Å². The molecule has 0 spiro atoms. The maximum atomic E-state index is 5.70. The summed E-state index contributed by atoms with van der Waals surface area (Å²) in [5.74, 6) is 6.24. The molecule has 0 aliphatic carbocycles. The number of nitrogens with two attached hydrogens (primary N) is 2. The number of nitrogens with one attached hydrogen (secondary N) is 1. The summed E-state index contributed by atoms with van der Waals surface area (Å²) >= 11 is 0. The van der Waals surface area contributed by atoms with Gasteiger partial charge in [0.25, 0.3) is 0 Å². The van der Waals surface area contributed by atoms with Gasteiger partial charge in [-0.2, -0.15) is 4.98 Å². The van der Waals surface area contributed by atoms with Crippen LogP contribution in [0, 0.1) is 0 Å². The molecule has 2 aromatic carbocycles. The molecule has 4 rings (SSSR count). The van der Waals surface area contributed by atoms with E-state index in [1.54, 1.807) is 6.20 Å². The number of aromatic nitrogens is 3. The van der Waals surface area contributed by atoms with Crippen molar-refractivity contribution in [3.63, 3.8) is 0 Å². The second-order valence-electron chi connectivity index (χ2n) is 5.19. The Labute approximate surface area is 132 Å². The van der Waals surface area contributed by atoms with Gasteiger partial charge >= 0.3 is 0 Å². The first-order valence-electron chi connectivity index (χ1n) is 7.14. The summed E-state index contributed by atoms with van der Waals surface area (Å²) in [4.78, 5) is 12.9. The number of nitrogens with zero attached hydrogens (tertiary/aromatic N) is 3. The summed E-state index contributed by atoms with van der Waals surface area (Å²) in [6.45, 7) is 0. The lowest BCUT2D eigenvalue weighted by molar-refractivity contribution is 1.19. The van der Waals surface area contributed by atoms with Gasteiger partial charge in [-0.1, -0.05) is 30.3 Å². The monoisotopic (exact) mass is 302 g/mol. The number of rotatable bonds is 2. The molecule has 23 heavy (non-hydrogen) atoms. The van der Waals surface area contributed by atoms with Crippen LogP contribution in [0.5, 0.6) is 0 Å². The SMILES string of the molecule is NNc1nc(N)nc2ccc(-c3cccc4cccnc34)cc12. The zero-order valence-corrected chi connectivity index (χ0v) is 12.2. The summed E-state index contributed by atoms with van der Waals surface area (Å²) in [5.41, 5.74) is 12.0. The molecule has 2 heterocycles. The fourth-order valence-corrected chi connectivity index (χ4v) is 2.76. The third kappa shape index (κ3) is 2.21. The molecular formula is C17H14N6. The number of hydrogen-bond acceptors (Lipinski definition) is 6. The molecule has 4 aromatic rings. The Kier molecular flexibility index (Phi) is 3.03. The molecule has 0 radical (unpaired) electrons. The van der Waals surface area contributed by atoms with Gasteiger partial charge in [0.15, 0.2) is 5.82 Å². The molecule has 0 bridgehead atoms. The Hall–Kier alpha value is -3.25. The summed E-state index contributed by atoms with van der Waals surface area (Å²) in [6.07, 6.45) is 1.80. The van der Waals surface area contributed by atoms with E-state index in [1.165, 1.54) is 0 Å². The number of nitrogen functional groups attached to an aromatic ring is 2. The largest absolute Gasteiger partial charge is 0.368 e. The van der Waals surface area contributed by atoms with E-state index in [-0.39, 0.29) is 5.95 Å². The normalized spacial score (nSPS) is 11.0. The van der Waals surface area contributed by atoms with Crippen molar-refractivity contribution >= 4 is 33.6 Å². The van der Waals surface area contributed by atoms with E-state index in [1.807, 2.05) is 48.5 Å². The Morgan fingerprint density at radius 2 is 1.83 bits per heavy atom. The van der Waals surface area contributed by atoms with E-state index in [9.17, 15) is 0 Å². The highest BCUT2D eigenvalue weighted by Crippen LogP contribution is 2.31. The van der Waals surface area contributed by atoms with Crippen molar-refractivity contribution in [1.82, 2.24) is 15.0 Å². The molecule has 0 saturated heterocycles. The lowest BCUT2D eigenvalue weighted by atomic mass is 10.0. The highest BCUT2D eigenvalue weighted by molar-refractivity contribution is 5.98. The zero-order valence-electron chi connectivity index (χ0n) is 12.2. The van der Waals surface area contributed by atoms with Crippen LogP contribution in [0.15, 0.2) is 54.7 Å². The number of benzene rings is 2. The van der Waals surface area contributed by atoms with E-state index >= 15 is 0 Å². The van der Waals surface area contributed by atoms with Gasteiger partial charge in [0.1, 0.15) is 0 Å². The van der Waals surface area contributed by atoms with Crippen LogP contribution in [0.25, 0.3) is 32.9 Å². The van der Waals surface area contributed by atoms with Crippen molar-refractivity contribution < 1.29 is 0 Å². The van der Waals surface area contributed by atoms with Gasteiger partial charge < -0.3 is 11.2 Å². The molecule has 6 heteroatoms. The highest BCUT2D eigenvalue weighted by atomic mass is 15.3.